The number of nitrogens with one attached hydrogen (secondary N) is 2. The first-order chi connectivity index (χ1) is 21.2. The van der Waals surface area contributed by atoms with E-state index < -0.39 is 11.6 Å². The zero-order chi connectivity index (χ0) is 30.8. The number of para-hydroxylation sites is 3. The van der Waals surface area contributed by atoms with Crippen LogP contribution in [-0.4, -0.2) is 34.6 Å². The van der Waals surface area contributed by atoms with Gasteiger partial charge < -0.3 is 19.8 Å². The second kappa shape index (κ2) is 11.5. The number of furan rings is 1. The highest BCUT2D eigenvalue weighted by molar-refractivity contribution is 6.11. The van der Waals surface area contributed by atoms with Crippen molar-refractivity contribution in [1.82, 2.24) is 9.97 Å². The van der Waals surface area contributed by atoms with E-state index in [1.165, 1.54) is 18.3 Å². The van der Waals surface area contributed by atoms with Crippen LogP contribution in [0.25, 0.3) is 33.2 Å². The van der Waals surface area contributed by atoms with Crippen LogP contribution >= 0.6 is 0 Å². The van der Waals surface area contributed by atoms with Gasteiger partial charge in [-0.05, 0) is 69.3 Å². The van der Waals surface area contributed by atoms with Crippen LogP contribution in [0.5, 0.6) is 0 Å². The monoisotopic (exact) mass is 585 g/mol. The van der Waals surface area contributed by atoms with Crippen LogP contribution in [0, 0.1) is 0 Å². The predicted molar refractivity (Wildman–Crippen MR) is 174 cm³/mol. The average Bonchev–Trinajstić information content (AvgIpc) is 3.41. The Labute approximate surface area is 254 Å². The van der Waals surface area contributed by atoms with E-state index >= 15 is 0 Å². The molecule has 0 aliphatic carbocycles. The molecule has 2 amide bonds. The molecule has 2 heterocycles. The van der Waals surface area contributed by atoms with Crippen molar-refractivity contribution in [3.05, 3.63) is 109 Å². The fraction of sp³-hybridized carbons (Fsp3) is 0.143. The van der Waals surface area contributed by atoms with Gasteiger partial charge in [-0.15, -0.1) is 0 Å². The van der Waals surface area contributed by atoms with Crippen molar-refractivity contribution in [2.75, 3.05) is 22.6 Å². The number of hydrogen-bond acceptors (Lipinski definition) is 7. The molecule has 6 aromatic rings. The zero-order valence-electron chi connectivity index (χ0n) is 24.8. The summed E-state index contributed by atoms with van der Waals surface area (Å²) in [5.74, 6) is 0.263. The quantitative estimate of drug-likeness (QED) is 0.202. The number of methoxy groups -OCH3 is 1. The Morgan fingerprint density at radius 1 is 0.818 bits per heavy atom. The molecular weight excluding hydrogens is 554 g/mol. The molecule has 0 bridgehead atoms. The Bertz CT molecular complexity index is 1990. The van der Waals surface area contributed by atoms with Gasteiger partial charge in [0.05, 0.1) is 24.1 Å². The van der Waals surface area contributed by atoms with Gasteiger partial charge in [0.2, 0.25) is 0 Å². The number of benzene rings is 4. The summed E-state index contributed by atoms with van der Waals surface area (Å²) in [6.07, 6.45) is 0.968. The van der Waals surface area contributed by atoms with Crippen molar-refractivity contribution >= 4 is 56.8 Å². The maximum Gasteiger partial charge on any atom is 0.414 e. The minimum atomic E-state index is -0.615. The number of amides is 2. The Morgan fingerprint density at radius 2 is 1.52 bits per heavy atom. The van der Waals surface area contributed by atoms with Crippen LogP contribution in [0.1, 0.15) is 31.1 Å². The molecule has 0 saturated heterocycles. The molecule has 220 valence electrons. The van der Waals surface area contributed by atoms with E-state index in [0.717, 1.165) is 38.9 Å². The molecule has 9 heteroatoms. The number of rotatable bonds is 6. The second-order valence-electron chi connectivity index (χ2n) is 11.2. The van der Waals surface area contributed by atoms with E-state index in [1.54, 1.807) is 36.4 Å². The molecule has 0 saturated carbocycles. The van der Waals surface area contributed by atoms with Crippen LogP contribution in [-0.2, 0) is 4.74 Å². The summed E-state index contributed by atoms with van der Waals surface area (Å²) in [6.45, 7) is 5.64. The Kier molecular flexibility index (Phi) is 7.45. The largest absolute Gasteiger partial charge is 0.455 e. The highest BCUT2D eigenvalue weighted by Gasteiger charge is 2.32. The molecule has 44 heavy (non-hydrogen) atoms. The first-order valence-corrected chi connectivity index (χ1v) is 14.1. The van der Waals surface area contributed by atoms with Crippen molar-refractivity contribution in [2.24, 2.45) is 0 Å². The van der Waals surface area contributed by atoms with Crippen LogP contribution in [0.3, 0.4) is 0 Å². The number of fused-ring (bicyclic) bond motifs is 3. The van der Waals surface area contributed by atoms with Crippen LogP contribution in [0.4, 0.5) is 27.7 Å². The highest BCUT2D eigenvalue weighted by Crippen LogP contribution is 2.35. The fourth-order valence-electron chi connectivity index (χ4n) is 5.19. The molecule has 9 nitrogen and oxygen atoms in total. The smallest absolute Gasteiger partial charge is 0.414 e. The maximum absolute atomic E-state index is 13.3. The lowest BCUT2D eigenvalue weighted by Crippen LogP contribution is -2.46. The summed E-state index contributed by atoms with van der Waals surface area (Å²) in [5.41, 5.74) is 4.77. The molecule has 2 aromatic heterocycles. The Balaban J connectivity index is 1.20. The molecule has 2 N–H and O–H groups in total. The van der Waals surface area contributed by atoms with Gasteiger partial charge in [-0.2, -0.15) is 0 Å². The molecule has 6 rings (SSSR count). The van der Waals surface area contributed by atoms with Gasteiger partial charge in [0.1, 0.15) is 23.3 Å². The third-order valence-corrected chi connectivity index (χ3v) is 7.18. The van der Waals surface area contributed by atoms with Gasteiger partial charge in [0.15, 0.2) is 0 Å². The number of hydrogen-bond donors (Lipinski definition) is 2. The molecular formula is C35H31N5O4. The van der Waals surface area contributed by atoms with E-state index in [2.05, 4.69) is 20.6 Å². The molecule has 0 atom stereocenters. The molecule has 0 spiro atoms. The first kappa shape index (κ1) is 28.4. The summed E-state index contributed by atoms with van der Waals surface area (Å²) in [7, 11) is 1.32. The third kappa shape index (κ3) is 5.55. The van der Waals surface area contributed by atoms with E-state index in [0.29, 0.717) is 22.8 Å². The number of ether oxygens (including phenoxy) is 1. The SMILES string of the molecule is COC(=O)N(c1ccccc1C(=O)Nc1ccc(Nc2cc(-c3cccc4c3oc3ccccc34)ncn2)cc1)C(C)(C)C. The summed E-state index contributed by atoms with van der Waals surface area (Å²) in [5, 5.41) is 8.33. The number of anilines is 4. The molecule has 4 aromatic carbocycles. The number of nitrogens with zero attached hydrogens (tertiary/aromatic N) is 3. The van der Waals surface area contributed by atoms with Gasteiger partial charge in [-0.25, -0.2) is 14.8 Å². The van der Waals surface area contributed by atoms with Crippen molar-refractivity contribution in [1.29, 1.82) is 0 Å². The molecule has 0 aliphatic rings. The van der Waals surface area contributed by atoms with Gasteiger partial charge >= 0.3 is 6.09 Å². The summed E-state index contributed by atoms with van der Waals surface area (Å²) in [6, 6.07) is 30.1. The van der Waals surface area contributed by atoms with E-state index in [1.807, 2.05) is 81.4 Å². The van der Waals surface area contributed by atoms with Crippen LogP contribution in [0.2, 0.25) is 0 Å². The predicted octanol–water partition coefficient (Wildman–Crippen LogP) is 8.41. The zero-order valence-corrected chi connectivity index (χ0v) is 24.8. The lowest BCUT2D eigenvalue weighted by Gasteiger charge is -2.35. The minimum Gasteiger partial charge on any atom is -0.455 e. The van der Waals surface area contributed by atoms with E-state index in [-0.39, 0.29) is 5.91 Å². The second-order valence-corrected chi connectivity index (χ2v) is 11.2. The van der Waals surface area contributed by atoms with Crippen molar-refractivity contribution in [3.8, 4) is 11.3 Å². The maximum atomic E-state index is 13.3. The lowest BCUT2D eigenvalue weighted by molar-refractivity contribution is 0.102. The van der Waals surface area contributed by atoms with Crippen molar-refractivity contribution < 1.29 is 18.7 Å². The molecule has 0 unspecified atom stereocenters. The third-order valence-electron chi connectivity index (χ3n) is 7.18. The standard InChI is InChI=1S/C35H31N5O4/c1-35(2,3)40(34(42)43-4)29-14-7-5-11-27(29)33(41)39-23-18-16-22(17-19-23)38-31-20-28(36-21-37-31)26-13-9-12-25-24-10-6-8-15-30(24)44-32(25)26/h5-21H,1-4H3,(H,39,41)(H,36,37,38). The van der Waals surface area contributed by atoms with Gasteiger partial charge in [0.25, 0.3) is 5.91 Å². The topological polar surface area (TPSA) is 110 Å². The fourth-order valence-corrected chi connectivity index (χ4v) is 5.19. The Morgan fingerprint density at radius 3 is 2.30 bits per heavy atom. The molecule has 0 aliphatic heterocycles. The highest BCUT2D eigenvalue weighted by atomic mass is 16.5. The first-order valence-electron chi connectivity index (χ1n) is 14.1. The van der Waals surface area contributed by atoms with E-state index in [9.17, 15) is 9.59 Å². The van der Waals surface area contributed by atoms with Gasteiger partial charge in [-0.3, -0.25) is 9.69 Å². The van der Waals surface area contributed by atoms with Crippen LogP contribution in [0.15, 0.2) is 108 Å². The number of carbonyl (C=O) groups excluding carboxylic acids is 2. The summed E-state index contributed by atoms with van der Waals surface area (Å²) in [4.78, 5) is 36.3. The number of carbonyl (C=O) groups is 2. The molecule has 0 fully saturated rings. The average molecular weight is 586 g/mol. The van der Waals surface area contributed by atoms with Gasteiger partial charge in [-0.1, -0.05) is 42.5 Å². The minimum absolute atomic E-state index is 0.348. The molecule has 0 radical (unpaired) electrons. The number of aromatic nitrogens is 2. The van der Waals surface area contributed by atoms with Crippen molar-refractivity contribution in [2.45, 2.75) is 26.3 Å². The Hall–Kier alpha value is -5.70. The summed E-state index contributed by atoms with van der Waals surface area (Å²) >= 11 is 0. The van der Waals surface area contributed by atoms with Crippen molar-refractivity contribution in [3.63, 3.8) is 0 Å². The lowest BCUT2D eigenvalue weighted by atomic mass is 10.0. The van der Waals surface area contributed by atoms with Gasteiger partial charge in [0, 0.05) is 39.3 Å². The van der Waals surface area contributed by atoms with Crippen LogP contribution < -0.4 is 15.5 Å². The normalized spacial score (nSPS) is 11.4. The summed E-state index contributed by atoms with van der Waals surface area (Å²) < 4.78 is 11.2. The van der Waals surface area contributed by atoms with E-state index in [4.69, 9.17) is 9.15 Å².